The predicted octanol–water partition coefficient (Wildman–Crippen LogP) is 3.55. The Morgan fingerprint density at radius 1 is 0.968 bits per heavy atom. The van der Waals surface area contributed by atoms with Crippen LogP contribution in [0, 0.1) is 11.6 Å². The number of carbonyl (C=O) groups is 2. The van der Waals surface area contributed by atoms with Gasteiger partial charge in [0.1, 0.15) is 17.3 Å². The van der Waals surface area contributed by atoms with E-state index < -0.39 is 0 Å². The van der Waals surface area contributed by atoms with Crippen molar-refractivity contribution < 1.29 is 18.4 Å². The van der Waals surface area contributed by atoms with Crippen molar-refractivity contribution in [1.29, 1.82) is 0 Å². The van der Waals surface area contributed by atoms with Gasteiger partial charge in [-0.25, -0.2) is 13.8 Å². The molecule has 0 aromatic heterocycles. The lowest BCUT2D eigenvalue weighted by Crippen LogP contribution is -2.46. The number of nitrogens with zero attached hydrogens (tertiary/aromatic N) is 3. The first-order chi connectivity index (χ1) is 15.0. The number of rotatable bonds is 5. The number of hydrogen-bond donors (Lipinski definition) is 1. The molecule has 0 spiro atoms. The molecule has 2 aliphatic rings. The Balaban J connectivity index is 1.34. The fourth-order valence-corrected chi connectivity index (χ4v) is 3.83. The zero-order valence-corrected chi connectivity index (χ0v) is 17.1. The molecule has 0 bridgehead atoms. The van der Waals surface area contributed by atoms with Crippen LogP contribution in [0.3, 0.4) is 0 Å². The van der Waals surface area contributed by atoms with Crippen molar-refractivity contribution in [3.05, 3.63) is 65.7 Å². The summed E-state index contributed by atoms with van der Waals surface area (Å²) in [5.41, 5.74) is 1.99. The molecule has 8 heteroatoms. The van der Waals surface area contributed by atoms with Gasteiger partial charge in [0.2, 0.25) is 5.91 Å². The average Bonchev–Trinajstić information content (AvgIpc) is 2.78. The second-order valence-electron chi connectivity index (χ2n) is 7.84. The van der Waals surface area contributed by atoms with Gasteiger partial charge in [0, 0.05) is 37.7 Å². The standard InChI is InChI=1S/C23H24F2N4O2/c24-17-3-1-16(2-4-17)15-29-22(30)10-9-21(27-29)23(31)28-13-11-20(12-14-28)26-19-7-5-18(25)6-8-19/h1-8,20,26H,9-15H2. The van der Waals surface area contributed by atoms with Crippen LogP contribution in [0.25, 0.3) is 0 Å². The first kappa shape index (κ1) is 21.0. The summed E-state index contributed by atoms with van der Waals surface area (Å²) in [5, 5.41) is 8.99. The van der Waals surface area contributed by atoms with E-state index in [1.54, 1.807) is 29.2 Å². The summed E-state index contributed by atoms with van der Waals surface area (Å²) < 4.78 is 26.2. The Labute approximate surface area is 179 Å². The Kier molecular flexibility index (Phi) is 6.25. The highest BCUT2D eigenvalue weighted by molar-refractivity contribution is 6.39. The summed E-state index contributed by atoms with van der Waals surface area (Å²) in [4.78, 5) is 27.0. The monoisotopic (exact) mass is 426 g/mol. The van der Waals surface area contributed by atoms with Crippen molar-refractivity contribution >= 4 is 23.2 Å². The van der Waals surface area contributed by atoms with E-state index in [0.29, 0.717) is 25.2 Å². The number of piperidine rings is 1. The van der Waals surface area contributed by atoms with Gasteiger partial charge in [-0.15, -0.1) is 0 Å². The van der Waals surface area contributed by atoms with Gasteiger partial charge in [-0.05, 0) is 54.8 Å². The minimum Gasteiger partial charge on any atom is -0.382 e. The van der Waals surface area contributed by atoms with Gasteiger partial charge in [0.05, 0.1) is 6.54 Å². The van der Waals surface area contributed by atoms with Gasteiger partial charge in [-0.2, -0.15) is 5.10 Å². The minimum absolute atomic E-state index is 0.142. The van der Waals surface area contributed by atoms with Gasteiger partial charge >= 0.3 is 0 Å². The van der Waals surface area contributed by atoms with E-state index in [1.165, 1.54) is 29.3 Å². The molecule has 2 aromatic rings. The maximum absolute atomic E-state index is 13.1. The van der Waals surface area contributed by atoms with E-state index in [1.807, 2.05) is 0 Å². The lowest BCUT2D eigenvalue weighted by molar-refractivity contribution is -0.132. The smallest absolute Gasteiger partial charge is 0.270 e. The van der Waals surface area contributed by atoms with Crippen molar-refractivity contribution in [3.8, 4) is 0 Å². The van der Waals surface area contributed by atoms with Gasteiger partial charge in [-0.3, -0.25) is 9.59 Å². The number of amides is 2. The SMILES string of the molecule is O=C(C1=NN(Cc2ccc(F)cc2)C(=O)CC1)N1CCC(Nc2ccc(F)cc2)CC1. The summed E-state index contributed by atoms with van der Waals surface area (Å²) in [5.74, 6) is -0.906. The number of benzene rings is 2. The van der Waals surface area contributed by atoms with Gasteiger partial charge in [0.25, 0.3) is 5.91 Å². The number of hydrogen-bond acceptors (Lipinski definition) is 4. The molecule has 2 amide bonds. The van der Waals surface area contributed by atoms with Crippen LogP contribution in [0.2, 0.25) is 0 Å². The number of hydrazone groups is 1. The molecule has 2 aromatic carbocycles. The molecule has 0 radical (unpaired) electrons. The molecule has 1 saturated heterocycles. The number of nitrogens with one attached hydrogen (secondary N) is 1. The summed E-state index contributed by atoms with van der Waals surface area (Å²) >= 11 is 0. The molecule has 4 rings (SSSR count). The summed E-state index contributed by atoms with van der Waals surface area (Å²) in [6, 6.07) is 12.3. The van der Waals surface area contributed by atoms with E-state index in [0.717, 1.165) is 24.1 Å². The van der Waals surface area contributed by atoms with Crippen LogP contribution in [-0.4, -0.2) is 46.6 Å². The lowest BCUT2D eigenvalue weighted by atomic mass is 10.0. The first-order valence-corrected chi connectivity index (χ1v) is 10.4. The van der Waals surface area contributed by atoms with Crippen LogP contribution in [0.15, 0.2) is 53.6 Å². The van der Waals surface area contributed by atoms with Crippen molar-refractivity contribution in [2.24, 2.45) is 5.10 Å². The fourth-order valence-electron chi connectivity index (χ4n) is 3.83. The van der Waals surface area contributed by atoms with Crippen LogP contribution in [0.1, 0.15) is 31.2 Å². The highest BCUT2D eigenvalue weighted by Crippen LogP contribution is 2.20. The minimum atomic E-state index is -0.342. The van der Waals surface area contributed by atoms with Crippen LogP contribution < -0.4 is 5.32 Å². The summed E-state index contributed by atoms with van der Waals surface area (Å²) in [7, 11) is 0. The molecule has 0 saturated carbocycles. The number of likely N-dealkylation sites (tertiary alicyclic amines) is 1. The van der Waals surface area contributed by atoms with Crippen molar-refractivity contribution in [3.63, 3.8) is 0 Å². The van der Waals surface area contributed by atoms with Crippen LogP contribution in [0.4, 0.5) is 14.5 Å². The van der Waals surface area contributed by atoms with Gasteiger partial charge in [-0.1, -0.05) is 12.1 Å². The molecular weight excluding hydrogens is 402 g/mol. The Morgan fingerprint density at radius 3 is 2.23 bits per heavy atom. The fraction of sp³-hybridized carbons (Fsp3) is 0.348. The molecule has 1 fully saturated rings. The highest BCUT2D eigenvalue weighted by Gasteiger charge is 2.30. The highest BCUT2D eigenvalue weighted by atomic mass is 19.1. The summed E-state index contributed by atoms with van der Waals surface area (Å²) in [6.07, 6.45) is 2.10. The van der Waals surface area contributed by atoms with Gasteiger partial charge in [0.15, 0.2) is 0 Å². The predicted molar refractivity (Wildman–Crippen MR) is 113 cm³/mol. The van der Waals surface area contributed by atoms with E-state index in [9.17, 15) is 18.4 Å². The Morgan fingerprint density at radius 2 is 1.58 bits per heavy atom. The third-order valence-corrected chi connectivity index (χ3v) is 5.59. The van der Waals surface area contributed by atoms with E-state index in [-0.39, 0.29) is 42.5 Å². The quantitative estimate of drug-likeness (QED) is 0.795. The number of carbonyl (C=O) groups excluding carboxylic acids is 2. The lowest BCUT2D eigenvalue weighted by Gasteiger charge is -2.34. The van der Waals surface area contributed by atoms with Gasteiger partial charge < -0.3 is 10.2 Å². The van der Waals surface area contributed by atoms with Crippen molar-refractivity contribution in [1.82, 2.24) is 9.91 Å². The van der Waals surface area contributed by atoms with Crippen LogP contribution in [-0.2, 0) is 16.1 Å². The first-order valence-electron chi connectivity index (χ1n) is 10.4. The molecular formula is C23H24F2N4O2. The maximum Gasteiger partial charge on any atom is 0.270 e. The third kappa shape index (κ3) is 5.25. The molecule has 2 aliphatic heterocycles. The molecule has 0 atom stereocenters. The molecule has 0 aliphatic carbocycles. The van der Waals surface area contributed by atoms with E-state index in [4.69, 9.17) is 0 Å². The van der Waals surface area contributed by atoms with Crippen LogP contribution in [0.5, 0.6) is 0 Å². The number of halogens is 2. The molecule has 31 heavy (non-hydrogen) atoms. The van der Waals surface area contributed by atoms with Crippen molar-refractivity contribution in [2.75, 3.05) is 18.4 Å². The molecule has 162 valence electrons. The second kappa shape index (κ2) is 9.24. The normalized spacial score (nSPS) is 17.5. The topological polar surface area (TPSA) is 65.0 Å². The molecule has 6 nitrogen and oxygen atoms in total. The maximum atomic E-state index is 13.1. The Bertz CT molecular complexity index is 968. The van der Waals surface area contributed by atoms with Crippen molar-refractivity contribution in [2.45, 2.75) is 38.3 Å². The molecule has 1 N–H and O–H groups in total. The molecule has 0 unspecified atom stereocenters. The summed E-state index contributed by atoms with van der Waals surface area (Å²) in [6.45, 7) is 1.38. The zero-order valence-electron chi connectivity index (χ0n) is 17.1. The zero-order chi connectivity index (χ0) is 21.8. The van der Waals surface area contributed by atoms with E-state index >= 15 is 0 Å². The number of anilines is 1. The third-order valence-electron chi connectivity index (χ3n) is 5.59. The van der Waals surface area contributed by atoms with Crippen LogP contribution >= 0.6 is 0 Å². The van der Waals surface area contributed by atoms with E-state index in [2.05, 4.69) is 10.4 Å². The molecule has 2 heterocycles. The Hall–Kier alpha value is -3.29. The largest absolute Gasteiger partial charge is 0.382 e. The average molecular weight is 426 g/mol. The second-order valence-corrected chi connectivity index (χ2v) is 7.84.